The van der Waals surface area contributed by atoms with Crippen molar-refractivity contribution in [3.8, 4) is 11.5 Å². The Labute approximate surface area is 98.1 Å². The number of aromatic hydroxyl groups is 1. The number of hydrogen-bond donors (Lipinski definition) is 2. The van der Waals surface area contributed by atoms with Crippen molar-refractivity contribution < 1.29 is 9.84 Å². The number of ether oxygens (including phenoxy) is 1. The van der Waals surface area contributed by atoms with Gasteiger partial charge in [0.2, 0.25) is 0 Å². The molecule has 0 amide bonds. The van der Waals surface area contributed by atoms with Crippen LogP contribution in [0.4, 0.5) is 0 Å². The first-order valence-electron chi connectivity index (χ1n) is 4.87. The average Bonchev–Trinajstić information content (AvgIpc) is 2.81. The molecule has 1 atom stereocenters. The number of phenolic OH excluding ortho intramolecular Hbond substituents is 1. The summed E-state index contributed by atoms with van der Waals surface area (Å²) in [7, 11) is 1.57. The van der Waals surface area contributed by atoms with E-state index >= 15 is 0 Å². The van der Waals surface area contributed by atoms with Crippen LogP contribution in [0.2, 0.25) is 0 Å². The van der Waals surface area contributed by atoms with Crippen molar-refractivity contribution >= 4 is 11.3 Å². The van der Waals surface area contributed by atoms with Crippen molar-refractivity contribution in [2.75, 3.05) is 7.11 Å². The Morgan fingerprint density at radius 1 is 1.38 bits per heavy atom. The number of benzene rings is 1. The fourth-order valence-corrected chi connectivity index (χ4v) is 2.28. The maximum atomic E-state index is 9.36. The van der Waals surface area contributed by atoms with Crippen LogP contribution in [0.5, 0.6) is 11.5 Å². The summed E-state index contributed by atoms with van der Waals surface area (Å²) < 4.78 is 5.21. The Kier molecular flexibility index (Phi) is 3.12. The quantitative estimate of drug-likeness (QED) is 0.859. The van der Waals surface area contributed by atoms with Gasteiger partial charge in [-0.15, -0.1) is 0 Å². The molecule has 0 saturated carbocycles. The van der Waals surface area contributed by atoms with Gasteiger partial charge in [0, 0.05) is 11.6 Å². The molecule has 0 fully saturated rings. The van der Waals surface area contributed by atoms with E-state index in [2.05, 4.69) is 0 Å². The molecule has 1 aromatic carbocycles. The molecule has 4 heteroatoms. The highest BCUT2D eigenvalue weighted by molar-refractivity contribution is 7.08. The van der Waals surface area contributed by atoms with Crippen LogP contribution in [0.1, 0.15) is 17.2 Å². The molecule has 2 aromatic rings. The Bertz CT molecular complexity index is 468. The monoisotopic (exact) mass is 235 g/mol. The summed E-state index contributed by atoms with van der Waals surface area (Å²) in [5.74, 6) is 0.789. The number of methoxy groups -OCH3 is 1. The minimum absolute atomic E-state index is 0.179. The first-order chi connectivity index (χ1) is 7.72. The summed E-state index contributed by atoms with van der Waals surface area (Å²) >= 11 is 1.61. The van der Waals surface area contributed by atoms with E-state index in [0.717, 1.165) is 11.1 Å². The van der Waals surface area contributed by atoms with Crippen molar-refractivity contribution in [3.63, 3.8) is 0 Å². The van der Waals surface area contributed by atoms with Crippen LogP contribution >= 0.6 is 11.3 Å². The molecule has 0 aliphatic rings. The Hall–Kier alpha value is -1.52. The molecule has 1 aromatic heterocycles. The van der Waals surface area contributed by atoms with E-state index < -0.39 is 0 Å². The molecule has 84 valence electrons. The molecule has 0 aliphatic carbocycles. The topological polar surface area (TPSA) is 55.5 Å². The molecule has 3 nitrogen and oxygen atoms in total. The van der Waals surface area contributed by atoms with Crippen molar-refractivity contribution in [1.82, 2.24) is 0 Å². The molecular weight excluding hydrogens is 222 g/mol. The van der Waals surface area contributed by atoms with Gasteiger partial charge < -0.3 is 15.6 Å². The van der Waals surface area contributed by atoms with Gasteiger partial charge in [0.25, 0.3) is 0 Å². The third kappa shape index (κ3) is 2.03. The van der Waals surface area contributed by atoms with Crippen molar-refractivity contribution in [1.29, 1.82) is 0 Å². The fraction of sp³-hybridized carbons (Fsp3) is 0.167. The molecule has 16 heavy (non-hydrogen) atoms. The van der Waals surface area contributed by atoms with E-state index in [9.17, 15) is 5.11 Å². The molecule has 0 saturated heterocycles. The summed E-state index contributed by atoms with van der Waals surface area (Å²) in [4.78, 5) is 0. The van der Waals surface area contributed by atoms with Crippen LogP contribution in [-0.2, 0) is 0 Å². The predicted molar refractivity (Wildman–Crippen MR) is 65.0 cm³/mol. The van der Waals surface area contributed by atoms with Crippen LogP contribution in [0.25, 0.3) is 0 Å². The zero-order chi connectivity index (χ0) is 11.5. The predicted octanol–water partition coefficient (Wildman–Crippen LogP) is 2.51. The smallest absolute Gasteiger partial charge is 0.127 e. The van der Waals surface area contributed by atoms with Gasteiger partial charge >= 0.3 is 0 Å². The van der Waals surface area contributed by atoms with E-state index in [1.54, 1.807) is 36.6 Å². The van der Waals surface area contributed by atoms with Crippen LogP contribution in [-0.4, -0.2) is 12.2 Å². The molecule has 1 heterocycles. The lowest BCUT2D eigenvalue weighted by atomic mass is 10.0. The highest BCUT2D eigenvalue weighted by Gasteiger charge is 2.14. The number of nitrogens with two attached hydrogens (primary N) is 1. The second kappa shape index (κ2) is 4.55. The lowest BCUT2D eigenvalue weighted by molar-refractivity contribution is 0.401. The maximum Gasteiger partial charge on any atom is 0.127 e. The van der Waals surface area contributed by atoms with Gasteiger partial charge in [0.05, 0.1) is 13.2 Å². The van der Waals surface area contributed by atoms with Gasteiger partial charge in [-0.1, -0.05) is 0 Å². The first kappa shape index (κ1) is 11.0. The van der Waals surface area contributed by atoms with Gasteiger partial charge in [-0.25, -0.2) is 0 Å². The molecule has 0 aliphatic heterocycles. The maximum absolute atomic E-state index is 9.36. The molecule has 0 unspecified atom stereocenters. The molecule has 0 spiro atoms. The lowest BCUT2D eigenvalue weighted by Crippen LogP contribution is -2.12. The van der Waals surface area contributed by atoms with E-state index in [1.165, 1.54) is 0 Å². The van der Waals surface area contributed by atoms with Gasteiger partial charge in [-0.3, -0.25) is 0 Å². The third-order valence-corrected chi connectivity index (χ3v) is 3.16. The molecule has 2 rings (SSSR count). The van der Waals surface area contributed by atoms with E-state index in [-0.39, 0.29) is 11.8 Å². The summed E-state index contributed by atoms with van der Waals surface area (Å²) in [6, 6.07) is 6.74. The van der Waals surface area contributed by atoms with Crippen molar-refractivity contribution in [2.45, 2.75) is 6.04 Å². The van der Waals surface area contributed by atoms with E-state index in [1.807, 2.05) is 16.8 Å². The highest BCUT2D eigenvalue weighted by atomic mass is 32.1. The number of phenols is 1. The number of thiophene rings is 1. The zero-order valence-corrected chi connectivity index (χ0v) is 9.70. The standard InChI is InChI=1S/C12H13NO2S/c1-15-11-6-9(14)2-3-10(11)12(13)8-4-5-16-7-8/h2-7,12,14H,13H2,1H3/t12-/m0/s1. The molecule has 3 N–H and O–H groups in total. The first-order valence-corrected chi connectivity index (χ1v) is 5.81. The fourth-order valence-electron chi connectivity index (χ4n) is 1.59. The zero-order valence-electron chi connectivity index (χ0n) is 8.88. The van der Waals surface area contributed by atoms with E-state index in [4.69, 9.17) is 10.5 Å². The van der Waals surface area contributed by atoms with Gasteiger partial charge in [0.1, 0.15) is 11.5 Å². The SMILES string of the molecule is COc1cc(O)ccc1[C@@H](N)c1ccsc1. The van der Waals surface area contributed by atoms with Crippen LogP contribution in [0.3, 0.4) is 0 Å². The van der Waals surface area contributed by atoms with Gasteiger partial charge in [0.15, 0.2) is 0 Å². The summed E-state index contributed by atoms with van der Waals surface area (Å²) in [6.07, 6.45) is 0. The van der Waals surface area contributed by atoms with E-state index in [0.29, 0.717) is 5.75 Å². The van der Waals surface area contributed by atoms with Crippen LogP contribution in [0.15, 0.2) is 35.0 Å². The Morgan fingerprint density at radius 3 is 2.81 bits per heavy atom. The number of rotatable bonds is 3. The lowest BCUT2D eigenvalue weighted by Gasteiger charge is -2.14. The second-order valence-corrected chi connectivity index (χ2v) is 4.24. The largest absolute Gasteiger partial charge is 0.508 e. The molecule has 0 radical (unpaired) electrons. The summed E-state index contributed by atoms with van der Waals surface area (Å²) in [5.41, 5.74) is 8.06. The Morgan fingerprint density at radius 2 is 2.19 bits per heavy atom. The normalized spacial score (nSPS) is 12.4. The van der Waals surface area contributed by atoms with Crippen molar-refractivity contribution in [3.05, 3.63) is 46.2 Å². The minimum atomic E-state index is -0.221. The van der Waals surface area contributed by atoms with Crippen LogP contribution < -0.4 is 10.5 Å². The summed E-state index contributed by atoms with van der Waals surface area (Å²) in [6.45, 7) is 0. The Balaban J connectivity index is 2.40. The summed E-state index contributed by atoms with van der Waals surface area (Å²) in [5, 5.41) is 13.4. The minimum Gasteiger partial charge on any atom is -0.508 e. The third-order valence-electron chi connectivity index (χ3n) is 2.45. The number of hydrogen-bond acceptors (Lipinski definition) is 4. The van der Waals surface area contributed by atoms with Crippen LogP contribution in [0, 0.1) is 0 Å². The van der Waals surface area contributed by atoms with Gasteiger partial charge in [-0.2, -0.15) is 11.3 Å². The molecular formula is C12H13NO2S. The second-order valence-electron chi connectivity index (χ2n) is 3.46. The van der Waals surface area contributed by atoms with Gasteiger partial charge in [-0.05, 0) is 34.5 Å². The van der Waals surface area contributed by atoms with Crippen molar-refractivity contribution in [2.24, 2.45) is 5.73 Å². The highest BCUT2D eigenvalue weighted by Crippen LogP contribution is 2.31. The average molecular weight is 235 g/mol. The molecule has 0 bridgehead atoms.